The van der Waals surface area contributed by atoms with Gasteiger partial charge in [-0.2, -0.15) is 0 Å². The van der Waals surface area contributed by atoms with Crippen LogP contribution in [0.15, 0.2) is 48.5 Å². The smallest absolute Gasteiger partial charge is 0.254 e. The fourth-order valence-electron chi connectivity index (χ4n) is 4.06. The van der Waals surface area contributed by atoms with Crippen LogP contribution in [-0.4, -0.2) is 48.8 Å². The van der Waals surface area contributed by atoms with Gasteiger partial charge in [-0.3, -0.25) is 9.59 Å². The molecule has 0 spiro atoms. The molecule has 1 saturated heterocycles. The Labute approximate surface area is 153 Å². The Kier molecular flexibility index (Phi) is 4.24. The molecule has 2 atom stereocenters. The van der Waals surface area contributed by atoms with Crippen molar-refractivity contribution in [3.8, 4) is 0 Å². The van der Waals surface area contributed by atoms with Crippen molar-refractivity contribution in [2.75, 3.05) is 32.5 Å². The van der Waals surface area contributed by atoms with Crippen LogP contribution >= 0.6 is 0 Å². The number of rotatable bonds is 3. The summed E-state index contributed by atoms with van der Waals surface area (Å²) in [5, 5.41) is 3.03. The normalized spacial score (nSPS) is 22.5. The Morgan fingerprint density at radius 2 is 1.85 bits per heavy atom. The van der Waals surface area contributed by atoms with Gasteiger partial charge in [0.25, 0.3) is 5.91 Å². The zero-order chi connectivity index (χ0) is 18.3. The first-order valence-corrected chi connectivity index (χ1v) is 8.95. The van der Waals surface area contributed by atoms with Gasteiger partial charge in [0.1, 0.15) is 0 Å². The molecule has 4 rings (SSSR count). The first-order valence-electron chi connectivity index (χ1n) is 8.95. The van der Waals surface area contributed by atoms with Crippen LogP contribution in [0.3, 0.4) is 0 Å². The summed E-state index contributed by atoms with van der Waals surface area (Å²) in [5.74, 6) is 0.109. The summed E-state index contributed by atoms with van der Waals surface area (Å²) in [7, 11) is 3.84. The van der Waals surface area contributed by atoms with Gasteiger partial charge in [0.2, 0.25) is 5.91 Å². The first-order chi connectivity index (χ1) is 12.5. The molecule has 2 amide bonds. The van der Waals surface area contributed by atoms with Gasteiger partial charge in [0.05, 0.1) is 5.92 Å². The molecule has 134 valence electrons. The average Bonchev–Trinajstić information content (AvgIpc) is 3.17. The van der Waals surface area contributed by atoms with Crippen molar-refractivity contribution in [2.45, 2.75) is 12.5 Å². The minimum Gasteiger partial charge on any atom is -0.337 e. The molecule has 0 unspecified atom stereocenters. The summed E-state index contributed by atoms with van der Waals surface area (Å²) < 4.78 is 0. The number of likely N-dealkylation sites (tertiary alicyclic amines) is 1. The lowest BCUT2D eigenvalue weighted by molar-refractivity contribution is -0.119. The minimum absolute atomic E-state index is 0.0128. The van der Waals surface area contributed by atoms with Crippen LogP contribution in [0.5, 0.6) is 0 Å². The van der Waals surface area contributed by atoms with Crippen LogP contribution < -0.4 is 5.32 Å². The van der Waals surface area contributed by atoms with E-state index < -0.39 is 0 Å². The second kappa shape index (κ2) is 6.57. The van der Waals surface area contributed by atoms with E-state index in [1.54, 1.807) is 18.0 Å². The molecule has 26 heavy (non-hydrogen) atoms. The number of hydrogen-bond donors (Lipinski definition) is 1. The number of carbonyl (C=O) groups excluding carboxylic acids is 2. The molecule has 2 aromatic carbocycles. The van der Waals surface area contributed by atoms with Gasteiger partial charge in [-0.25, -0.2) is 0 Å². The largest absolute Gasteiger partial charge is 0.337 e. The fourth-order valence-corrected chi connectivity index (χ4v) is 4.06. The van der Waals surface area contributed by atoms with Crippen LogP contribution in [0.4, 0.5) is 5.69 Å². The molecule has 5 heteroatoms. The molecule has 0 saturated carbocycles. The van der Waals surface area contributed by atoms with Crippen LogP contribution in [0.25, 0.3) is 0 Å². The second-order valence-corrected chi connectivity index (χ2v) is 7.37. The summed E-state index contributed by atoms with van der Waals surface area (Å²) in [6.07, 6.45) is 0. The van der Waals surface area contributed by atoms with Gasteiger partial charge < -0.3 is 15.1 Å². The van der Waals surface area contributed by atoms with Gasteiger partial charge in [-0.1, -0.05) is 36.4 Å². The highest BCUT2D eigenvalue weighted by Crippen LogP contribution is 2.33. The number of carbonyl (C=O) groups is 2. The van der Waals surface area contributed by atoms with Crippen molar-refractivity contribution in [3.05, 3.63) is 65.2 Å². The van der Waals surface area contributed by atoms with Crippen molar-refractivity contribution >= 4 is 17.5 Å². The van der Waals surface area contributed by atoms with Crippen LogP contribution in [-0.2, 0) is 11.3 Å². The molecule has 5 nitrogen and oxygen atoms in total. The lowest BCUT2D eigenvalue weighted by Gasteiger charge is -2.18. The Bertz CT molecular complexity index is 850. The number of nitrogens with one attached hydrogen (secondary N) is 1. The molecule has 2 aromatic rings. The van der Waals surface area contributed by atoms with E-state index >= 15 is 0 Å². The molecule has 0 aromatic heterocycles. The molecule has 0 radical (unpaired) electrons. The highest BCUT2D eigenvalue weighted by molar-refractivity contribution is 6.00. The van der Waals surface area contributed by atoms with Gasteiger partial charge in [0, 0.05) is 43.9 Å². The van der Waals surface area contributed by atoms with E-state index in [-0.39, 0.29) is 23.7 Å². The predicted octanol–water partition coefficient (Wildman–Crippen LogP) is 2.56. The standard InChI is InChI=1S/C21H23N3O2/c1-23-12-18(14-6-4-3-5-7-14)19(13-23)20(25)22-16-9-8-15-11-24(2)21(26)17(15)10-16/h3-10,18-19H,11-13H2,1-2H3,(H,22,25)/t18-,19-/m1/s1. The molecule has 1 N–H and O–H groups in total. The molecule has 2 aliphatic rings. The van der Waals surface area contributed by atoms with Crippen molar-refractivity contribution in [2.24, 2.45) is 5.92 Å². The Hall–Kier alpha value is -2.66. The number of likely N-dealkylation sites (N-methyl/N-ethyl adjacent to an activating group) is 1. The van der Waals surface area contributed by atoms with E-state index in [0.29, 0.717) is 17.8 Å². The molecule has 2 heterocycles. The summed E-state index contributed by atoms with van der Waals surface area (Å²) in [6, 6.07) is 15.8. The van der Waals surface area contributed by atoms with E-state index in [0.717, 1.165) is 18.7 Å². The monoisotopic (exact) mass is 349 g/mol. The summed E-state index contributed by atoms with van der Waals surface area (Å²) in [5.41, 5.74) is 3.59. The molecular formula is C21H23N3O2. The van der Waals surface area contributed by atoms with Crippen molar-refractivity contribution in [3.63, 3.8) is 0 Å². The van der Waals surface area contributed by atoms with Crippen LogP contribution in [0.2, 0.25) is 0 Å². The number of anilines is 1. The average molecular weight is 349 g/mol. The minimum atomic E-state index is -0.103. The molecule has 2 aliphatic heterocycles. The highest BCUT2D eigenvalue weighted by Gasteiger charge is 2.37. The highest BCUT2D eigenvalue weighted by atomic mass is 16.2. The van der Waals surface area contributed by atoms with Crippen LogP contribution in [0, 0.1) is 5.92 Å². The maximum absolute atomic E-state index is 13.0. The van der Waals surface area contributed by atoms with Gasteiger partial charge in [0.15, 0.2) is 0 Å². The summed E-state index contributed by atoms with van der Waals surface area (Å²) in [6.45, 7) is 2.24. The van der Waals surface area contributed by atoms with Gasteiger partial charge >= 0.3 is 0 Å². The van der Waals surface area contributed by atoms with E-state index in [2.05, 4.69) is 22.3 Å². The third-order valence-corrected chi connectivity index (χ3v) is 5.43. The number of amides is 2. The second-order valence-electron chi connectivity index (χ2n) is 7.37. The molecular weight excluding hydrogens is 326 g/mol. The predicted molar refractivity (Wildman–Crippen MR) is 101 cm³/mol. The maximum atomic E-state index is 13.0. The van der Waals surface area contributed by atoms with Gasteiger partial charge in [-0.15, -0.1) is 0 Å². The Balaban J connectivity index is 1.54. The van der Waals surface area contributed by atoms with E-state index in [9.17, 15) is 9.59 Å². The van der Waals surface area contributed by atoms with Gasteiger partial charge in [-0.05, 0) is 30.3 Å². The number of hydrogen-bond acceptors (Lipinski definition) is 3. The molecule has 0 bridgehead atoms. The van der Waals surface area contributed by atoms with Crippen LogP contribution in [0.1, 0.15) is 27.4 Å². The lowest BCUT2D eigenvalue weighted by atomic mass is 9.88. The van der Waals surface area contributed by atoms with Crippen molar-refractivity contribution < 1.29 is 9.59 Å². The number of fused-ring (bicyclic) bond motifs is 1. The quantitative estimate of drug-likeness (QED) is 0.927. The SMILES string of the molecule is CN1C[C@H](c2ccccc2)[C@H](C(=O)Nc2ccc3c(c2)C(=O)N(C)C3)C1. The topological polar surface area (TPSA) is 52.7 Å². The molecule has 1 fully saturated rings. The lowest BCUT2D eigenvalue weighted by Crippen LogP contribution is -2.28. The third-order valence-electron chi connectivity index (χ3n) is 5.43. The van der Waals surface area contributed by atoms with E-state index in [4.69, 9.17) is 0 Å². The number of benzene rings is 2. The Morgan fingerprint density at radius 3 is 2.62 bits per heavy atom. The maximum Gasteiger partial charge on any atom is 0.254 e. The first kappa shape index (κ1) is 16.8. The zero-order valence-electron chi connectivity index (χ0n) is 15.1. The fraction of sp³-hybridized carbons (Fsp3) is 0.333. The Morgan fingerprint density at radius 1 is 1.08 bits per heavy atom. The summed E-state index contributed by atoms with van der Waals surface area (Å²) in [4.78, 5) is 29.0. The molecule has 0 aliphatic carbocycles. The summed E-state index contributed by atoms with van der Waals surface area (Å²) >= 11 is 0. The zero-order valence-corrected chi connectivity index (χ0v) is 15.1. The third kappa shape index (κ3) is 2.99. The van der Waals surface area contributed by atoms with E-state index in [1.165, 1.54) is 5.56 Å². The van der Waals surface area contributed by atoms with Crippen molar-refractivity contribution in [1.82, 2.24) is 9.80 Å². The number of nitrogens with zero attached hydrogens (tertiary/aromatic N) is 2. The van der Waals surface area contributed by atoms with Crippen molar-refractivity contribution in [1.29, 1.82) is 0 Å². The van der Waals surface area contributed by atoms with E-state index in [1.807, 2.05) is 37.4 Å².